The van der Waals surface area contributed by atoms with Crippen molar-refractivity contribution in [3.8, 4) is 84.4 Å². The van der Waals surface area contributed by atoms with Gasteiger partial charge in [0.25, 0.3) is 0 Å². The van der Waals surface area contributed by atoms with Crippen molar-refractivity contribution in [2.75, 3.05) is 0 Å². The van der Waals surface area contributed by atoms with E-state index in [0.717, 1.165) is 55.7 Å². The van der Waals surface area contributed by atoms with Crippen molar-refractivity contribution in [1.29, 1.82) is 0 Å². The lowest BCUT2D eigenvalue weighted by Gasteiger charge is -2.34. The van der Waals surface area contributed by atoms with Gasteiger partial charge in [-0.05, 0) is 95.7 Å². The minimum absolute atomic E-state index is 0.606. The van der Waals surface area contributed by atoms with Crippen LogP contribution >= 0.6 is 0 Å². The van der Waals surface area contributed by atoms with Gasteiger partial charge < -0.3 is 4.57 Å². The van der Waals surface area contributed by atoms with Gasteiger partial charge >= 0.3 is 0 Å². The van der Waals surface area contributed by atoms with Gasteiger partial charge in [-0.25, -0.2) is 15.0 Å². The zero-order valence-corrected chi connectivity index (χ0v) is 39.0. The molecule has 2 aliphatic carbocycles. The summed E-state index contributed by atoms with van der Waals surface area (Å²) in [6, 6.07) is 92.3. The van der Waals surface area contributed by atoms with E-state index in [1.165, 1.54) is 66.1 Å². The molecule has 2 aromatic heterocycles. The Morgan fingerprint density at radius 3 is 1.43 bits per heavy atom. The van der Waals surface area contributed by atoms with Gasteiger partial charge in [-0.1, -0.05) is 237 Å². The number of nitrogens with zero attached hydrogens (tertiary/aromatic N) is 4. The van der Waals surface area contributed by atoms with E-state index < -0.39 is 5.41 Å². The van der Waals surface area contributed by atoms with E-state index in [0.29, 0.717) is 17.5 Å². The first-order chi connectivity index (χ1) is 35.7. The van der Waals surface area contributed by atoms with Crippen LogP contribution in [0.25, 0.3) is 117 Å². The second-order valence-corrected chi connectivity index (χ2v) is 19.0. The summed E-state index contributed by atoms with van der Waals surface area (Å²) in [5, 5.41) is 4.98. The summed E-state index contributed by atoms with van der Waals surface area (Å²) in [5.74, 6) is 1.83. The third-order valence-corrected chi connectivity index (χ3v) is 15.3. The minimum atomic E-state index is -0.656. The van der Waals surface area contributed by atoms with Gasteiger partial charge in [-0.2, -0.15) is 0 Å². The molecule has 0 spiro atoms. The molecule has 0 saturated heterocycles. The molecule has 0 N–H and O–H groups in total. The molecule has 0 fully saturated rings. The molecule has 0 saturated carbocycles. The fourth-order valence-corrected chi connectivity index (χ4v) is 12.3. The van der Waals surface area contributed by atoms with Crippen LogP contribution in [0, 0.1) is 0 Å². The number of hydrogen-bond acceptors (Lipinski definition) is 3. The predicted octanol–water partition coefficient (Wildman–Crippen LogP) is 16.8. The first-order valence-corrected chi connectivity index (χ1v) is 24.7. The molecule has 0 amide bonds. The lowest BCUT2D eigenvalue weighted by Crippen LogP contribution is -2.28. The fraction of sp³-hybridized carbons (Fsp3) is 0.0147. The van der Waals surface area contributed by atoms with Gasteiger partial charge in [-0.3, -0.25) is 0 Å². The molecule has 13 aromatic rings. The molecule has 4 nitrogen and oxygen atoms in total. The Hall–Kier alpha value is -9.51. The summed E-state index contributed by atoms with van der Waals surface area (Å²) < 4.78 is 2.50. The molecular formula is C68H42N4. The molecular weight excluding hydrogens is 873 g/mol. The Kier molecular flexibility index (Phi) is 8.84. The molecule has 72 heavy (non-hydrogen) atoms. The predicted molar refractivity (Wildman–Crippen MR) is 295 cm³/mol. The van der Waals surface area contributed by atoms with Crippen LogP contribution < -0.4 is 0 Å². The second kappa shape index (κ2) is 15.8. The van der Waals surface area contributed by atoms with Crippen molar-refractivity contribution < 1.29 is 0 Å². The van der Waals surface area contributed by atoms with E-state index in [9.17, 15) is 0 Å². The summed E-state index contributed by atoms with van der Waals surface area (Å²) >= 11 is 0. The fourth-order valence-electron chi connectivity index (χ4n) is 12.3. The average Bonchev–Trinajstić information content (AvgIpc) is 3.92. The standard InChI is InChI=1S/C68H42N4/c1-5-19-43(20-6-1)44-35-37-47(38-36-44)66-69-65(46-21-7-2-8-22-46)70-67(71-66)64-59(42-40-56-61(64)54-30-15-16-33-55(54)68(56,48-24-9-3-10-25-48)49-26-11-4-12-27-49)72-57-34-18-32-53-51-29-14-13-28-50(51)52-31-17-23-45-39-41-58(72)63(60(45)52)62(53)57/h1-42H. The van der Waals surface area contributed by atoms with Crippen molar-refractivity contribution in [2.45, 2.75) is 5.41 Å². The van der Waals surface area contributed by atoms with Gasteiger partial charge in [-0.15, -0.1) is 0 Å². The number of fused-ring (bicyclic) bond motifs is 6. The molecule has 2 aliphatic rings. The van der Waals surface area contributed by atoms with E-state index in [-0.39, 0.29) is 0 Å². The van der Waals surface area contributed by atoms with Gasteiger partial charge in [0.2, 0.25) is 0 Å². The number of benzene rings is 11. The van der Waals surface area contributed by atoms with Crippen molar-refractivity contribution in [3.63, 3.8) is 0 Å². The Bertz CT molecular complexity index is 4250. The third kappa shape index (κ3) is 5.78. The number of rotatable bonds is 7. The van der Waals surface area contributed by atoms with E-state index in [1.807, 2.05) is 6.07 Å². The average molecular weight is 915 g/mol. The summed E-state index contributed by atoms with van der Waals surface area (Å²) in [4.78, 5) is 16.6. The lowest BCUT2D eigenvalue weighted by molar-refractivity contribution is 0.768. The normalized spacial score (nSPS) is 12.8. The largest absolute Gasteiger partial charge is 0.308 e. The maximum absolute atomic E-state index is 5.66. The van der Waals surface area contributed by atoms with E-state index in [4.69, 9.17) is 15.0 Å². The van der Waals surface area contributed by atoms with Crippen molar-refractivity contribution in [3.05, 3.63) is 277 Å². The Morgan fingerprint density at radius 1 is 0.278 bits per heavy atom. The minimum Gasteiger partial charge on any atom is -0.308 e. The van der Waals surface area contributed by atoms with Crippen LogP contribution in [0.1, 0.15) is 22.3 Å². The van der Waals surface area contributed by atoms with E-state index in [2.05, 4.69) is 253 Å². The smallest absolute Gasteiger partial charge is 0.166 e. The highest BCUT2D eigenvalue weighted by atomic mass is 15.1. The number of aromatic nitrogens is 4. The van der Waals surface area contributed by atoms with Crippen LogP contribution in [0.2, 0.25) is 0 Å². The molecule has 0 unspecified atom stereocenters. The zero-order valence-electron chi connectivity index (χ0n) is 39.0. The number of hydrogen-bond donors (Lipinski definition) is 0. The van der Waals surface area contributed by atoms with Gasteiger partial charge in [0.05, 0.1) is 27.7 Å². The topological polar surface area (TPSA) is 43.6 Å². The lowest BCUT2D eigenvalue weighted by atomic mass is 9.67. The first kappa shape index (κ1) is 40.4. The van der Waals surface area contributed by atoms with Crippen molar-refractivity contribution >= 4 is 32.6 Å². The van der Waals surface area contributed by atoms with Crippen LogP contribution in [0.15, 0.2) is 255 Å². The zero-order chi connectivity index (χ0) is 47.3. The molecule has 0 radical (unpaired) electrons. The molecule has 15 rings (SSSR count). The van der Waals surface area contributed by atoms with Crippen molar-refractivity contribution in [1.82, 2.24) is 19.5 Å². The maximum Gasteiger partial charge on any atom is 0.166 e. The maximum atomic E-state index is 5.66. The second-order valence-electron chi connectivity index (χ2n) is 19.0. The summed E-state index contributed by atoms with van der Waals surface area (Å²) in [5.41, 5.74) is 19.7. The molecule has 334 valence electrons. The third-order valence-electron chi connectivity index (χ3n) is 15.3. The first-order valence-electron chi connectivity index (χ1n) is 24.7. The van der Waals surface area contributed by atoms with Gasteiger partial charge in [0, 0.05) is 21.9 Å². The van der Waals surface area contributed by atoms with Crippen LogP contribution in [0.5, 0.6) is 0 Å². The van der Waals surface area contributed by atoms with Crippen LogP contribution in [0.3, 0.4) is 0 Å². The SMILES string of the molecule is c1ccc(-c2ccc(-c3nc(-c4ccccc4)nc(-c4c(-n5c6cccc7c6c6c8c(cccc8ccc65)-c5ccccc5-7)ccc5c4-c4ccccc4C5(c4ccccc4)c4ccccc4)n3)cc2)cc1. The summed E-state index contributed by atoms with van der Waals surface area (Å²) in [6.45, 7) is 0. The molecule has 0 bridgehead atoms. The molecule has 0 atom stereocenters. The highest BCUT2D eigenvalue weighted by Gasteiger charge is 2.48. The molecule has 2 heterocycles. The molecule has 0 aliphatic heterocycles. The molecule has 11 aromatic carbocycles. The van der Waals surface area contributed by atoms with Crippen LogP contribution in [-0.2, 0) is 5.41 Å². The summed E-state index contributed by atoms with van der Waals surface area (Å²) in [7, 11) is 0. The van der Waals surface area contributed by atoms with Gasteiger partial charge in [0.1, 0.15) is 0 Å². The summed E-state index contributed by atoms with van der Waals surface area (Å²) in [6.07, 6.45) is 0. The van der Waals surface area contributed by atoms with E-state index >= 15 is 0 Å². The Labute approximate surface area is 416 Å². The Balaban J connectivity index is 1.10. The van der Waals surface area contributed by atoms with Crippen molar-refractivity contribution in [2.24, 2.45) is 0 Å². The van der Waals surface area contributed by atoms with E-state index in [1.54, 1.807) is 0 Å². The Morgan fingerprint density at radius 2 is 0.764 bits per heavy atom. The monoisotopic (exact) mass is 914 g/mol. The quantitative estimate of drug-likeness (QED) is 0.160. The van der Waals surface area contributed by atoms with Crippen LogP contribution in [0.4, 0.5) is 0 Å². The van der Waals surface area contributed by atoms with Gasteiger partial charge in [0.15, 0.2) is 17.5 Å². The van der Waals surface area contributed by atoms with Crippen LogP contribution in [-0.4, -0.2) is 19.5 Å². The molecule has 4 heteroatoms. The highest BCUT2D eigenvalue weighted by molar-refractivity contribution is 6.30. The highest BCUT2D eigenvalue weighted by Crippen LogP contribution is 2.60.